The van der Waals surface area contributed by atoms with Gasteiger partial charge in [-0.2, -0.15) is 0 Å². The average molecular weight is 251 g/mol. The summed E-state index contributed by atoms with van der Waals surface area (Å²) in [5.41, 5.74) is 3.20. The van der Waals surface area contributed by atoms with Gasteiger partial charge in [-0.05, 0) is 42.5 Å². The minimum atomic E-state index is 0.785. The highest BCUT2D eigenvalue weighted by atomic mass is 79.9. The highest BCUT2D eigenvalue weighted by Gasteiger charge is 2.10. The number of carbonyl (C=O) groups excluding carboxylic acids is 1. The van der Waals surface area contributed by atoms with Crippen LogP contribution < -0.4 is 0 Å². The smallest absolute Gasteiger partial charge is 0.150 e. The first kappa shape index (κ1) is 9.66. The highest BCUT2D eigenvalue weighted by Crippen LogP contribution is 2.30. The zero-order valence-corrected chi connectivity index (χ0v) is 9.38. The summed E-state index contributed by atoms with van der Waals surface area (Å²) in [6.45, 7) is 0. The lowest BCUT2D eigenvalue weighted by Crippen LogP contribution is -1.90. The van der Waals surface area contributed by atoms with Gasteiger partial charge in [0.05, 0.1) is 0 Å². The van der Waals surface area contributed by atoms with Crippen LogP contribution in [-0.2, 0) is 0 Å². The molecule has 1 aromatic rings. The van der Waals surface area contributed by atoms with Crippen LogP contribution in [-0.4, -0.2) is 6.29 Å². The molecule has 0 radical (unpaired) electrons. The zero-order chi connectivity index (χ0) is 9.97. The van der Waals surface area contributed by atoms with Crippen LogP contribution in [0.15, 0.2) is 28.7 Å². The van der Waals surface area contributed by atoms with Gasteiger partial charge in [-0.15, -0.1) is 0 Å². The lowest BCUT2D eigenvalue weighted by molar-refractivity contribution is 0.112. The molecule has 14 heavy (non-hydrogen) atoms. The third kappa shape index (κ3) is 1.80. The summed E-state index contributed by atoms with van der Waals surface area (Å²) in [4.78, 5) is 10.9. The molecule has 0 saturated carbocycles. The van der Waals surface area contributed by atoms with E-state index in [0.717, 1.165) is 34.7 Å². The Bertz CT molecular complexity index is 393. The molecule has 0 saturated heterocycles. The Kier molecular flexibility index (Phi) is 2.82. The van der Waals surface area contributed by atoms with Crippen molar-refractivity contribution >= 4 is 27.8 Å². The third-order valence-corrected chi connectivity index (χ3v) is 3.02. The summed E-state index contributed by atoms with van der Waals surface area (Å²) in [6.07, 6.45) is 6.62. The van der Waals surface area contributed by atoms with Crippen LogP contribution in [0.4, 0.5) is 0 Å². The van der Waals surface area contributed by atoms with Crippen molar-refractivity contribution in [3.63, 3.8) is 0 Å². The quantitative estimate of drug-likeness (QED) is 0.730. The minimum Gasteiger partial charge on any atom is -0.298 e. The molecule has 0 fully saturated rings. The SMILES string of the molecule is O=Cc1cc(Br)ccc1C1=CCCC1. The third-order valence-electron chi connectivity index (χ3n) is 2.53. The predicted octanol–water partition coefficient (Wildman–Crippen LogP) is 3.83. The molecule has 1 aromatic carbocycles. The minimum absolute atomic E-state index is 0.785. The summed E-state index contributed by atoms with van der Waals surface area (Å²) < 4.78 is 0.960. The maximum Gasteiger partial charge on any atom is 0.150 e. The second-order valence-corrected chi connectivity index (χ2v) is 4.39. The Morgan fingerprint density at radius 2 is 2.21 bits per heavy atom. The van der Waals surface area contributed by atoms with Gasteiger partial charge < -0.3 is 0 Å². The van der Waals surface area contributed by atoms with Crippen molar-refractivity contribution in [3.05, 3.63) is 39.9 Å². The molecule has 0 atom stereocenters. The number of rotatable bonds is 2. The highest BCUT2D eigenvalue weighted by molar-refractivity contribution is 9.10. The van der Waals surface area contributed by atoms with Crippen molar-refractivity contribution < 1.29 is 4.79 Å². The molecule has 0 aromatic heterocycles. The van der Waals surface area contributed by atoms with E-state index >= 15 is 0 Å². The van der Waals surface area contributed by atoms with Crippen molar-refractivity contribution in [3.8, 4) is 0 Å². The van der Waals surface area contributed by atoms with Crippen LogP contribution in [0.2, 0.25) is 0 Å². The Morgan fingerprint density at radius 3 is 2.86 bits per heavy atom. The van der Waals surface area contributed by atoms with Gasteiger partial charge in [0.15, 0.2) is 6.29 Å². The van der Waals surface area contributed by atoms with E-state index in [4.69, 9.17) is 0 Å². The number of benzene rings is 1. The van der Waals surface area contributed by atoms with Crippen LogP contribution in [0.1, 0.15) is 35.2 Å². The van der Waals surface area contributed by atoms with E-state index in [9.17, 15) is 4.79 Å². The Morgan fingerprint density at radius 1 is 1.36 bits per heavy atom. The van der Waals surface area contributed by atoms with E-state index in [1.807, 2.05) is 18.2 Å². The molecule has 0 bridgehead atoms. The topological polar surface area (TPSA) is 17.1 Å². The fourth-order valence-electron chi connectivity index (χ4n) is 1.84. The molecule has 1 aliphatic carbocycles. The molecular formula is C12H11BrO. The number of hydrogen-bond acceptors (Lipinski definition) is 1. The monoisotopic (exact) mass is 250 g/mol. The van der Waals surface area contributed by atoms with Crippen molar-refractivity contribution in [2.24, 2.45) is 0 Å². The fraction of sp³-hybridized carbons (Fsp3) is 0.250. The summed E-state index contributed by atoms with van der Waals surface area (Å²) in [7, 11) is 0. The van der Waals surface area contributed by atoms with Crippen LogP contribution in [0.5, 0.6) is 0 Å². The average Bonchev–Trinajstić information content (AvgIpc) is 2.70. The molecule has 2 rings (SSSR count). The maximum atomic E-state index is 10.9. The number of halogens is 1. The van der Waals surface area contributed by atoms with E-state index in [1.54, 1.807) is 0 Å². The molecule has 1 nitrogen and oxygen atoms in total. The summed E-state index contributed by atoms with van der Waals surface area (Å²) in [5, 5.41) is 0. The first-order valence-corrected chi connectivity index (χ1v) is 5.54. The van der Waals surface area contributed by atoms with Crippen LogP contribution in [0.3, 0.4) is 0 Å². The summed E-state index contributed by atoms with van der Waals surface area (Å²) >= 11 is 3.37. The molecule has 2 heteroatoms. The molecule has 0 amide bonds. The van der Waals surface area contributed by atoms with Crippen molar-refractivity contribution in [1.29, 1.82) is 0 Å². The predicted molar refractivity (Wildman–Crippen MR) is 61.4 cm³/mol. The van der Waals surface area contributed by atoms with E-state index in [2.05, 4.69) is 22.0 Å². The fourth-order valence-corrected chi connectivity index (χ4v) is 2.22. The molecular weight excluding hydrogens is 240 g/mol. The zero-order valence-electron chi connectivity index (χ0n) is 7.79. The molecule has 72 valence electrons. The lowest BCUT2D eigenvalue weighted by atomic mass is 10.0. The first-order valence-electron chi connectivity index (χ1n) is 4.75. The Balaban J connectivity index is 2.46. The Hall–Kier alpha value is -0.890. The van der Waals surface area contributed by atoms with Gasteiger partial charge in [-0.1, -0.05) is 28.1 Å². The second kappa shape index (κ2) is 4.09. The largest absolute Gasteiger partial charge is 0.298 e. The number of aldehydes is 1. The van der Waals surface area contributed by atoms with Crippen molar-refractivity contribution in [2.75, 3.05) is 0 Å². The van der Waals surface area contributed by atoms with E-state index < -0.39 is 0 Å². The van der Waals surface area contributed by atoms with Gasteiger partial charge >= 0.3 is 0 Å². The Labute approximate surface area is 92.0 Å². The summed E-state index contributed by atoms with van der Waals surface area (Å²) in [5.74, 6) is 0. The van der Waals surface area contributed by atoms with Crippen LogP contribution in [0, 0.1) is 0 Å². The number of allylic oxidation sites excluding steroid dienone is 2. The standard InChI is InChI=1S/C12H11BrO/c13-11-5-6-12(10(7-11)8-14)9-3-1-2-4-9/h3,5-8H,1-2,4H2. The van der Waals surface area contributed by atoms with Gasteiger partial charge in [0.2, 0.25) is 0 Å². The maximum absolute atomic E-state index is 10.9. The number of hydrogen-bond donors (Lipinski definition) is 0. The molecule has 1 aliphatic rings. The van der Waals surface area contributed by atoms with Gasteiger partial charge in [0.25, 0.3) is 0 Å². The molecule has 0 aliphatic heterocycles. The second-order valence-electron chi connectivity index (χ2n) is 3.47. The van der Waals surface area contributed by atoms with Crippen molar-refractivity contribution in [1.82, 2.24) is 0 Å². The van der Waals surface area contributed by atoms with Gasteiger partial charge in [-0.25, -0.2) is 0 Å². The van der Waals surface area contributed by atoms with Crippen LogP contribution >= 0.6 is 15.9 Å². The van der Waals surface area contributed by atoms with Gasteiger partial charge in [0.1, 0.15) is 0 Å². The van der Waals surface area contributed by atoms with E-state index in [1.165, 1.54) is 12.0 Å². The normalized spacial score (nSPS) is 15.4. The lowest BCUT2D eigenvalue weighted by Gasteiger charge is -2.05. The van der Waals surface area contributed by atoms with Gasteiger partial charge in [-0.3, -0.25) is 4.79 Å². The molecule has 0 unspecified atom stereocenters. The van der Waals surface area contributed by atoms with Gasteiger partial charge in [0, 0.05) is 10.0 Å². The van der Waals surface area contributed by atoms with Crippen molar-refractivity contribution in [2.45, 2.75) is 19.3 Å². The van der Waals surface area contributed by atoms with E-state index in [0.29, 0.717) is 0 Å². The summed E-state index contributed by atoms with van der Waals surface area (Å²) in [6, 6.07) is 5.88. The molecule has 0 spiro atoms. The van der Waals surface area contributed by atoms with E-state index in [-0.39, 0.29) is 0 Å². The molecule has 0 heterocycles. The van der Waals surface area contributed by atoms with Crippen LogP contribution in [0.25, 0.3) is 5.57 Å². The molecule has 0 N–H and O–H groups in total. The number of carbonyl (C=O) groups is 1. The first-order chi connectivity index (χ1) is 6.81.